The van der Waals surface area contributed by atoms with Crippen LogP contribution in [0.1, 0.15) is 71.1 Å². The molecule has 0 aromatic rings. The molecular formula is C14H26. The highest BCUT2D eigenvalue weighted by molar-refractivity contribution is 4.76. The van der Waals surface area contributed by atoms with E-state index in [9.17, 15) is 0 Å². The van der Waals surface area contributed by atoms with Gasteiger partial charge >= 0.3 is 0 Å². The Kier molecular flexibility index (Phi) is 3.89. The first-order valence-electron chi connectivity index (χ1n) is 6.86. The summed E-state index contributed by atoms with van der Waals surface area (Å²) in [5.41, 5.74) is 0. The summed E-state index contributed by atoms with van der Waals surface area (Å²) in [4.78, 5) is 0. The summed E-state index contributed by atoms with van der Waals surface area (Å²) >= 11 is 0. The van der Waals surface area contributed by atoms with Crippen LogP contribution < -0.4 is 0 Å². The van der Waals surface area contributed by atoms with Crippen molar-refractivity contribution < 1.29 is 0 Å². The van der Waals surface area contributed by atoms with Gasteiger partial charge in [-0.05, 0) is 24.2 Å². The minimum Gasteiger partial charge on any atom is -0.0622 e. The van der Waals surface area contributed by atoms with Gasteiger partial charge in [0.1, 0.15) is 0 Å². The lowest BCUT2D eigenvalue weighted by atomic mass is 9.73. The molecule has 0 radical (unpaired) electrons. The average Bonchev–Trinajstić information content (AvgIpc) is 2.23. The third-order valence-corrected chi connectivity index (χ3v) is 4.65. The van der Waals surface area contributed by atoms with E-state index in [4.69, 9.17) is 0 Å². The maximum atomic E-state index is 2.49. The highest BCUT2D eigenvalue weighted by Gasteiger charge is 2.25. The van der Waals surface area contributed by atoms with Gasteiger partial charge in [-0.15, -0.1) is 0 Å². The molecule has 0 heterocycles. The first-order valence-corrected chi connectivity index (χ1v) is 6.86. The molecule has 0 amide bonds. The largest absolute Gasteiger partial charge is 0.0622 e. The second-order valence-corrected chi connectivity index (χ2v) is 5.76. The minimum atomic E-state index is 1.03. The summed E-state index contributed by atoms with van der Waals surface area (Å²) in [6.45, 7) is 2.49. The van der Waals surface area contributed by atoms with Crippen LogP contribution in [-0.4, -0.2) is 0 Å². The van der Waals surface area contributed by atoms with Crippen LogP contribution in [0.5, 0.6) is 0 Å². The molecule has 2 saturated carbocycles. The van der Waals surface area contributed by atoms with Crippen LogP contribution in [0.3, 0.4) is 0 Å². The highest BCUT2D eigenvalue weighted by Crippen LogP contribution is 2.37. The van der Waals surface area contributed by atoms with E-state index in [1.807, 2.05) is 0 Å². The van der Waals surface area contributed by atoms with Crippen molar-refractivity contribution in [2.45, 2.75) is 71.1 Å². The highest BCUT2D eigenvalue weighted by atomic mass is 14.3. The van der Waals surface area contributed by atoms with E-state index < -0.39 is 0 Å². The van der Waals surface area contributed by atoms with Crippen LogP contribution in [0.25, 0.3) is 0 Å². The molecule has 0 aromatic carbocycles. The van der Waals surface area contributed by atoms with Gasteiger partial charge in [0.2, 0.25) is 0 Å². The lowest BCUT2D eigenvalue weighted by molar-refractivity contribution is 0.189. The van der Waals surface area contributed by atoms with Crippen molar-refractivity contribution >= 4 is 0 Å². The molecule has 2 fully saturated rings. The molecule has 0 heteroatoms. The van der Waals surface area contributed by atoms with Crippen molar-refractivity contribution in [2.75, 3.05) is 0 Å². The Hall–Kier alpha value is 0. The first-order chi connectivity index (χ1) is 6.86. The molecule has 0 N–H and O–H groups in total. The normalized spacial score (nSPS) is 35.8. The lowest BCUT2D eigenvalue weighted by Crippen LogP contribution is -2.21. The molecule has 0 spiro atoms. The second kappa shape index (κ2) is 5.19. The molecule has 2 rings (SSSR count). The summed E-state index contributed by atoms with van der Waals surface area (Å²) in [6, 6.07) is 0. The van der Waals surface area contributed by atoms with Crippen molar-refractivity contribution in [1.82, 2.24) is 0 Å². The average molecular weight is 194 g/mol. The molecule has 0 aliphatic heterocycles. The summed E-state index contributed by atoms with van der Waals surface area (Å²) in [5, 5.41) is 0. The van der Waals surface area contributed by atoms with Crippen LogP contribution in [0.15, 0.2) is 0 Å². The van der Waals surface area contributed by atoms with Gasteiger partial charge in [-0.1, -0.05) is 64.7 Å². The third-order valence-electron chi connectivity index (χ3n) is 4.65. The topological polar surface area (TPSA) is 0 Å². The first kappa shape index (κ1) is 10.5. The summed E-state index contributed by atoms with van der Waals surface area (Å²) < 4.78 is 0. The predicted octanol–water partition coefficient (Wildman–Crippen LogP) is 4.78. The second-order valence-electron chi connectivity index (χ2n) is 5.76. The van der Waals surface area contributed by atoms with Crippen molar-refractivity contribution in [3.8, 4) is 0 Å². The molecule has 2 atom stereocenters. The van der Waals surface area contributed by atoms with Gasteiger partial charge in [0.25, 0.3) is 0 Å². The Balaban J connectivity index is 1.76. The summed E-state index contributed by atoms with van der Waals surface area (Å²) in [7, 11) is 0. The van der Waals surface area contributed by atoms with Gasteiger partial charge in [0.05, 0.1) is 0 Å². The van der Waals surface area contributed by atoms with Gasteiger partial charge in [-0.3, -0.25) is 0 Å². The molecule has 82 valence electrons. The van der Waals surface area contributed by atoms with Gasteiger partial charge < -0.3 is 0 Å². The van der Waals surface area contributed by atoms with Crippen molar-refractivity contribution in [2.24, 2.45) is 17.8 Å². The quantitative estimate of drug-likeness (QED) is 0.593. The Bertz CT molecular complexity index is 155. The number of hydrogen-bond acceptors (Lipinski definition) is 0. The van der Waals surface area contributed by atoms with E-state index in [-0.39, 0.29) is 0 Å². The van der Waals surface area contributed by atoms with Gasteiger partial charge in [-0.25, -0.2) is 0 Å². The zero-order chi connectivity index (χ0) is 9.80. The van der Waals surface area contributed by atoms with E-state index in [1.165, 1.54) is 44.9 Å². The molecule has 0 nitrogen and oxygen atoms in total. The van der Waals surface area contributed by atoms with E-state index in [0.717, 1.165) is 17.8 Å². The molecule has 0 bridgehead atoms. The van der Waals surface area contributed by atoms with Gasteiger partial charge in [0, 0.05) is 0 Å². The maximum Gasteiger partial charge on any atom is -0.0386 e. The zero-order valence-electron chi connectivity index (χ0n) is 9.80. The van der Waals surface area contributed by atoms with Crippen LogP contribution in [-0.2, 0) is 0 Å². The Morgan fingerprint density at radius 3 is 2.14 bits per heavy atom. The molecular weight excluding hydrogens is 168 g/mol. The van der Waals surface area contributed by atoms with E-state index in [2.05, 4.69) is 6.92 Å². The number of rotatable bonds is 2. The van der Waals surface area contributed by atoms with Gasteiger partial charge in [-0.2, -0.15) is 0 Å². The van der Waals surface area contributed by atoms with E-state index in [0.29, 0.717) is 0 Å². The Morgan fingerprint density at radius 1 is 0.786 bits per heavy atom. The van der Waals surface area contributed by atoms with Crippen molar-refractivity contribution in [1.29, 1.82) is 0 Å². The Morgan fingerprint density at radius 2 is 1.43 bits per heavy atom. The molecule has 14 heavy (non-hydrogen) atoms. The molecule has 2 aliphatic rings. The molecule has 2 aliphatic carbocycles. The van der Waals surface area contributed by atoms with E-state index >= 15 is 0 Å². The van der Waals surface area contributed by atoms with E-state index in [1.54, 1.807) is 19.3 Å². The summed E-state index contributed by atoms with van der Waals surface area (Å²) in [5.74, 6) is 3.23. The number of hydrogen-bond donors (Lipinski definition) is 0. The molecule has 0 aromatic heterocycles. The standard InChI is InChI=1S/C14H26/c1-12-7-5-6-10-14(12)11-13-8-3-2-4-9-13/h12-14H,2-11H2,1H3. The zero-order valence-corrected chi connectivity index (χ0v) is 9.80. The minimum absolute atomic E-state index is 1.03. The van der Waals surface area contributed by atoms with Crippen molar-refractivity contribution in [3.63, 3.8) is 0 Å². The lowest BCUT2D eigenvalue weighted by Gasteiger charge is -2.33. The fraction of sp³-hybridized carbons (Fsp3) is 1.00. The Labute approximate surface area is 89.5 Å². The van der Waals surface area contributed by atoms with Crippen LogP contribution in [0.2, 0.25) is 0 Å². The molecule has 2 unspecified atom stereocenters. The third kappa shape index (κ3) is 2.74. The van der Waals surface area contributed by atoms with Gasteiger partial charge in [0.15, 0.2) is 0 Å². The SMILES string of the molecule is CC1CCCCC1CC1CCCCC1. The molecule has 0 saturated heterocycles. The fourth-order valence-electron chi connectivity index (χ4n) is 3.59. The van der Waals surface area contributed by atoms with Crippen LogP contribution >= 0.6 is 0 Å². The smallest absolute Gasteiger partial charge is 0.0386 e. The van der Waals surface area contributed by atoms with Crippen molar-refractivity contribution in [3.05, 3.63) is 0 Å². The predicted molar refractivity (Wildman–Crippen MR) is 62.3 cm³/mol. The monoisotopic (exact) mass is 194 g/mol. The van der Waals surface area contributed by atoms with Crippen LogP contribution in [0.4, 0.5) is 0 Å². The fourth-order valence-corrected chi connectivity index (χ4v) is 3.59. The summed E-state index contributed by atoms with van der Waals surface area (Å²) in [6.07, 6.45) is 15.3. The maximum absolute atomic E-state index is 2.49. The van der Waals surface area contributed by atoms with Crippen LogP contribution in [0, 0.1) is 17.8 Å².